The molecule has 1 aromatic heterocycles. The monoisotopic (exact) mass is 536 g/mol. The molecule has 7 heteroatoms. The molecule has 0 fully saturated rings. The van der Waals surface area contributed by atoms with E-state index in [1.54, 1.807) is 23.1 Å². The van der Waals surface area contributed by atoms with E-state index in [0.29, 0.717) is 16.7 Å². The lowest BCUT2D eigenvalue weighted by molar-refractivity contribution is -0.669. The summed E-state index contributed by atoms with van der Waals surface area (Å²) >= 11 is 3.25. The third-order valence-corrected chi connectivity index (χ3v) is 9.01. The highest BCUT2D eigenvalue weighted by Gasteiger charge is 2.37. The Bertz CT molecular complexity index is 1610. The van der Waals surface area contributed by atoms with Gasteiger partial charge in [-0.05, 0) is 30.7 Å². The van der Waals surface area contributed by atoms with Crippen LogP contribution in [-0.2, 0) is 11.3 Å². The molecule has 1 aliphatic heterocycles. The molecule has 2 heterocycles. The fourth-order valence-electron chi connectivity index (χ4n) is 4.80. The summed E-state index contributed by atoms with van der Waals surface area (Å²) in [6.07, 6.45) is 7.91. The van der Waals surface area contributed by atoms with E-state index >= 15 is 0 Å². The molecule has 0 saturated carbocycles. The molecule has 0 atom stereocenters. The average molecular weight is 537 g/mol. The number of carbonyl (C=O) groups is 1. The maximum Gasteiger partial charge on any atom is 0.263 e. The van der Waals surface area contributed by atoms with Crippen LogP contribution >= 0.6 is 23.1 Å². The van der Waals surface area contributed by atoms with E-state index in [4.69, 9.17) is 0 Å². The number of aryl methyl sites for hydroxylation is 1. The number of benzene rings is 2. The van der Waals surface area contributed by atoms with E-state index in [1.807, 2.05) is 48.4 Å². The minimum atomic E-state index is -0.123. The van der Waals surface area contributed by atoms with Crippen LogP contribution in [0.5, 0.6) is 0 Å². The van der Waals surface area contributed by atoms with Crippen LogP contribution in [0, 0.1) is 11.3 Å². The lowest BCUT2D eigenvalue weighted by atomic mass is 9.77. The first kappa shape index (κ1) is 25.9. The molecule has 190 valence electrons. The van der Waals surface area contributed by atoms with Crippen LogP contribution in [0.4, 0.5) is 5.69 Å². The summed E-state index contributed by atoms with van der Waals surface area (Å²) in [6, 6.07) is 18.5. The van der Waals surface area contributed by atoms with Gasteiger partial charge in [-0.1, -0.05) is 74.1 Å². The quantitative estimate of drug-likeness (QED) is 0.126. The Morgan fingerprint density at radius 2 is 1.84 bits per heavy atom. The lowest BCUT2D eigenvalue weighted by Crippen LogP contribution is -2.35. The Balaban J connectivity index is 1.62. The first-order chi connectivity index (χ1) is 18.6. The zero-order valence-electron chi connectivity index (χ0n) is 21.5. The molecule has 5 rings (SSSR count). The van der Waals surface area contributed by atoms with Gasteiger partial charge in [0.05, 0.1) is 16.3 Å². The van der Waals surface area contributed by atoms with Crippen molar-refractivity contribution in [1.29, 1.82) is 5.26 Å². The number of rotatable bonds is 9. The topological polar surface area (TPSA) is 70.3 Å². The minimum absolute atomic E-state index is 0.0236. The normalized spacial score (nSPS) is 16.7. The van der Waals surface area contributed by atoms with Gasteiger partial charge in [-0.15, -0.1) is 0 Å². The van der Waals surface area contributed by atoms with Gasteiger partial charge in [0.25, 0.3) is 5.01 Å². The number of ketones is 1. The smallest absolute Gasteiger partial charge is 0.263 e. The molecule has 2 aliphatic rings. The van der Waals surface area contributed by atoms with Gasteiger partial charge in [-0.25, -0.2) is 5.87 Å². The highest BCUT2D eigenvalue weighted by Crippen LogP contribution is 2.48. The number of unbranched alkanes of at least 4 members (excludes halogenated alkanes) is 2. The summed E-state index contributed by atoms with van der Waals surface area (Å²) < 4.78 is 3.39. The summed E-state index contributed by atoms with van der Waals surface area (Å²) in [5, 5.41) is 21.5. The molecule has 5 nitrogen and oxygen atoms in total. The summed E-state index contributed by atoms with van der Waals surface area (Å²) in [7, 11) is 0. The summed E-state index contributed by atoms with van der Waals surface area (Å²) in [5.74, 6) is 1.91. The van der Waals surface area contributed by atoms with Crippen molar-refractivity contribution >= 4 is 56.7 Å². The van der Waals surface area contributed by atoms with Crippen LogP contribution in [-0.4, -0.2) is 18.2 Å². The molecule has 0 N–H and O–H groups in total. The molecule has 3 aromatic rings. The van der Waals surface area contributed by atoms with Gasteiger partial charge in [-0.3, -0.25) is 4.79 Å². The van der Waals surface area contributed by atoms with Gasteiger partial charge < -0.3 is 10.3 Å². The summed E-state index contributed by atoms with van der Waals surface area (Å²) in [6.45, 7) is 6.01. The summed E-state index contributed by atoms with van der Waals surface area (Å²) in [4.78, 5) is 17.0. The fourth-order valence-corrected chi connectivity index (χ4v) is 7.06. The zero-order chi connectivity index (χ0) is 26.6. The number of nitrogens with zero attached hydrogens (tertiary/aromatic N) is 4. The Morgan fingerprint density at radius 1 is 1.08 bits per heavy atom. The molecule has 0 saturated heterocycles. The minimum Gasteiger partial charge on any atom is -0.762 e. The number of thiazole rings is 1. The Labute approximate surface area is 231 Å². The van der Waals surface area contributed by atoms with Gasteiger partial charge in [-0.2, -0.15) is 9.83 Å². The van der Waals surface area contributed by atoms with E-state index in [9.17, 15) is 15.5 Å². The van der Waals surface area contributed by atoms with Crippen LogP contribution < -0.4 is 9.47 Å². The van der Waals surface area contributed by atoms with Gasteiger partial charge in [0.15, 0.2) is 12.3 Å². The number of allylic oxidation sites excluding steroid dienone is 5. The van der Waals surface area contributed by atoms with Gasteiger partial charge >= 0.3 is 0 Å². The number of aromatic nitrogens is 1. The van der Waals surface area contributed by atoms with Crippen LogP contribution in [0.1, 0.15) is 44.5 Å². The molecule has 38 heavy (non-hydrogen) atoms. The SMILES string of the molecule is CCCCN1/C(=C/C2=C(C(=C=[N-])C#N)C(=C/c3sc4ccccc4[n+]3CCCC)/C2=O)Sc2ccccc21. The largest absolute Gasteiger partial charge is 0.762 e. The molecule has 0 radical (unpaired) electrons. The Hall–Kier alpha value is -3.69. The fraction of sp³-hybridized carbons (Fsp3) is 0.258. The van der Waals surface area contributed by atoms with Crippen molar-refractivity contribution in [2.75, 3.05) is 11.4 Å². The number of hydrogen-bond donors (Lipinski definition) is 0. The molecule has 1 aliphatic carbocycles. The van der Waals surface area contributed by atoms with Crippen molar-refractivity contribution < 1.29 is 9.36 Å². The highest BCUT2D eigenvalue weighted by molar-refractivity contribution is 8.03. The van der Waals surface area contributed by atoms with E-state index in [0.717, 1.165) is 69.6 Å². The number of nitriles is 1. The van der Waals surface area contributed by atoms with Crippen LogP contribution in [0.3, 0.4) is 0 Å². The molecule has 0 spiro atoms. The predicted octanol–water partition coefficient (Wildman–Crippen LogP) is 7.19. The molecular formula is C31H28N4OS2. The highest BCUT2D eigenvalue weighted by atomic mass is 32.2. The number of fused-ring (bicyclic) bond motifs is 2. The van der Waals surface area contributed by atoms with Gasteiger partial charge in [0, 0.05) is 46.7 Å². The second-order valence-corrected chi connectivity index (χ2v) is 11.4. The van der Waals surface area contributed by atoms with Crippen molar-refractivity contribution in [3.8, 4) is 6.07 Å². The second kappa shape index (κ2) is 11.4. The van der Waals surface area contributed by atoms with Crippen LogP contribution in [0.25, 0.3) is 21.7 Å². The van der Waals surface area contributed by atoms with Crippen LogP contribution in [0.15, 0.2) is 86.8 Å². The number of Topliss-reactive ketones (excluding diaryl/α,β-unsaturated/α-hetero) is 1. The number of carbonyl (C=O) groups excluding carboxylic acids is 1. The van der Waals surface area contributed by atoms with Crippen molar-refractivity contribution in [1.82, 2.24) is 0 Å². The number of para-hydroxylation sites is 2. The van der Waals surface area contributed by atoms with E-state index < -0.39 is 0 Å². The molecule has 0 amide bonds. The number of anilines is 1. The maximum atomic E-state index is 13.6. The standard InChI is InChI=1S/C31H28N4OS2/c1-3-5-15-34-24-11-7-9-13-26(24)37-28(34)17-22-30(21(19-32)20-33)23(31(22)36)18-29-35(16-6-4-2)25-12-8-10-14-27(25)38-29/h7-14,17-18H,3-6,15-16H2,1-2H3. The predicted molar refractivity (Wildman–Crippen MR) is 157 cm³/mol. The number of thioether (sulfide) groups is 1. The second-order valence-electron chi connectivity index (χ2n) is 9.25. The van der Waals surface area contributed by atoms with Crippen LogP contribution in [0.2, 0.25) is 0 Å². The molecule has 0 bridgehead atoms. The van der Waals surface area contributed by atoms with E-state index in [-0.39, 0.29) is 11.4 Å². The van der Waals surface area contributed by atoms with E-state index in [1.165, 1.54) is 0 Å². The average Bonchev–Trinajstić information content (AvgIpc) is 3.48. The van der Waals surface area contributed by atoms with E-state index in [2.05, 4.69) is 47.6 Å². The van der Waals surface area contributed by atoms with Crippen molar-refractivity contribution in [2.24, 2.45) is 0 Å². The van der Waals surface area contributed by atoms with Crippen molar-refractivity contribution in [2.45, 2.75) is 51.0 Å². The first-order valence-corrected chi connectivity index (χ1v) is 14.6. The zero-order valence-corrected chi connectivity index (χ0v) is 23.2. The first-order valence-electron chi connectivity index (χ1n) is 13.0. The third-order valence-electron chi connectivity index (χ3n) is 6.78. The molecule has 2 aromatic carbocycles. The Kier molecular flexibility index (Phi) is 7.76. The summed E-state index contributed by atoms with van der Waals surface area (Å²) in [5.41, 5.74) is 3.58. The molecular weight excluding hydrogens is 509 g/mol. The van der Waals surface area contributed by atoms with Crippen molar-refractivity contribution in [3.05, 3.63) is 92.3 Å². The Morgan fingerprint density at radius 3 is 2.61 bits per heavy atom. The van der Waals surface area contributed by atoms with Gasteiger partial charge in [0.1, 0.15) is 10.8 Å². The number of hydrogen-bond acceptors (Lipinski definition) is 5. The molecule has 0 unspecified atom stereocenters. The lowest BCUT2D eigenvalue weighted by Gasteiger charge is -2.25. The van der Waals surface area contributed by atoms with Gasteiger partial charge in [0.2, 0.25) is 5.52 Å². The van der Waals surface area contributed by atoms with Crippen molar-refractivity contribution in [3.63, 3.8) is 0 Å². The third kappa shape index (κ3) is 4.68. The maximum absolute atomic E-state index is 13.6.